The Kier molecular flexibility index (Phi) is 7.83. The van der Waals surface area contributed by atoms with Crippen molar-refractivity contribution in [1.82, 2.24) is 15.1 Å². The molecule has 144 valence electrons. The highest BCUT2D eigenvalue weighted by atomic mass is 16.2. The molecular weight excluding hydrogens is 344 g/mol. The minimum Gasteiger partial charge on any atom is -0.345 e. The SMILES string of the molecule is C#CCNC(=O)CC(=O)N1CCN(CC(=O)Nc2ccccc2CC)CC1. The molecule has 2 N–H and O–H groups in total. The largest absolute Gasteiger partial charge is 0.345 e. The molecule has 7 heteroatoms. The van der Waals surface area contributed by atoms with Gasteiger partial charge < -0.3 is 15.5 Å². The highest BCUT2D eigenvalue weighted by Crippen LogP contribution is 2.15. The summed E-state index contributed by atoms with van der Waals surface area (Å²) in [5.74, 6) is 1.65. The Bertz CT molecular complexity index is 718. The van der Waals surface area contributed by atoms with Crippen molar-refractivity contribution in [2.45, 2.75) is 19.8 Å². The van der Waals surface area contributed by atoms with E-state index in [0.717, 1.165) is 17.7 Å². The van der Waals surface area contributed by atoms with E-state index < -0.39 is 0 Å². The predicted octanol–water partition coefficient (Wildman–Crippen LogP) is 0.471. The average Bonchev–Trinajstić information content (AvgIpc) is 2.67. The first kappa shape index (κ1) is 20.5. The third-order valence-corrected chi connectivity index (χ3v) is 4.46. The maximum atomic E-state index is 12.3. The number of benzene rings is 1. The second-order valence-corrected chi connectivity index (χ2v) is 6.37. The van der Waals surface area contributed by atoms with Crippen molar-refractivity contribution >= 4 is 23.4 Å². The molecule has 27 heavy (non-hydrogen) atoms. The van der Waals surface area contributed by atoms with Crippen LogP contribution in [0.25, 0.3) is 0 Å². The summed E-state index contributed by atoms with van der Waals surface area (Å²) in [5.41, 5.74) is 1.95. The van der Waals surface area contributed by atoms with Gasteiger partial charge in [0.15, 0.2) is 0 Å². The molecule has 0 bridgehead atoms. The molecule has 0 atom stereocenters. The van der Waals surface area contributed by atoms with Crippen LogP contribution in [0, 0.1) is 12.3 Å². The fourth-order valence-corrected chi connectivity index (χ4v) is 2.96. The number of rotatable bonds is 7. The summed E-state index contributed by atoms with van der Waals surface area (Å²) in [6.07, 6.45) is 5.73. The fraction of sp³-hybridized carbons (Fsp3) is 0.450. The van der Waals surface area contributed by atoms with Crippen molar-refractivity contribution in [1.29, 1.82) is 0 Å². The molecule has 1 aliphatic rings. The minimum atomic E-state index is -0.366. The first-order chi connectivity index (χ1) is 13.0. The summed E-state index contributed by atoms with van der Waals surface area (Å²) in [6, 6.07) is 7.76. The number of aryl methyl sites for hydroxylation is 1. The molecule has 0 radical (unpaired) electrons. The van der Waals surface area contributed by atoms with Gasteiger partial charge in [-0.15, -0.1) is 6.42 Å². The second-order valence-electron chi connectivity index (χ2n) is 6.37. The lowest BCUT2D eigenvalue weighted by Crippen LogP contribution is -2.51. The summed E-state index contributed by atoms with van der Waals surface area (Å²) >= 11 is 0. The Morgan fingerprint density at radius 2 is 1.81 bits per heavy atom. The summed E-state index contributed by atoms with van der Waals surface area (Å²) < 4.78 is 0. The van der Waals surface area contributed by atoms with Crippen molar-refractivity contribution in [2.75, 3.05) is 44.6 Å². The van der Waals surface area contributed by atoms with E-state index in [9.17, 15) is 14.4 Å². The molecule has 1 fully saturated rings. The van der Waals surface area contributed by atoms with Gasteiger partial charge in [0.2, 0.25) is 17.7 Å². The van der Waals surface area contributed by atoms with E-state index in [1.165, 1.54) is 0 Å². The quantitative estimate of drug-likeness (QED) is 0.540. The summed E-state index contributed by atoms with van der Waals surface area (Å²) in [4.78, 5) is 39.7. The number of nitrogens with one attached hydrogen (secondary N) is 2. The van der Waals surface area contributed by atoms with Gasteiger partial charge in [0.1, 0.15) is 6.42 Å². The van der Waals surface area contributed by atoms with Gasteiger partial charge in [-0.25, -0.2) is 0 Å². The zero-order valence-electron chi connectivity index (χ0n) is 15.7. The molecule has 0 aliphatic carbocycles. The van der Waals surface area contributed by atoms with Crippen LogP contribution in [-0.2, 0) is 20.8 Å². The Hall–Kier alpha value is -2.85. The molecule has 0 aromatic heterocycles. The van der Waals surface area contributed by atoms with Crippen LogP contribution in [0.3, 0.4) is 0 Å². The van der Waals surface area contributed by atoms with Crippen molar-refractivity contribution < 1.29 is 14.4 Å². The molecular formula is C20H26N4O3. The molecule has 3 amide bonds. The number of carbonyl (C=O) groups is 3. The predicted molar refractivity (Wildman–Crippen MR) is 104 cm³/mol. The summed E-state index contributed by atoms with van der Waals surface area (Å²) in [5, 5.41) is 5.44. The number of amides is 3. The molecule has 2 rings (SSSR count). The van der Waals surface area contributed by atoms with Crippen molar-refractivity contribution in [3.8, 4) is 12.3 Å². The van der Waals surface area contributed by atoms with Crippen LogP contribution in [0.2, 0.25) is 0 Å². The highest BCUT2D eigenvalue weighted by Gasteiger charge is 2.23. The van der Waals surface area contributed by atoms with Crippen LogP contribution in [0.5, 0.6) is 0 Å². The number of nitrogens with zero attached hydrogens (tertiary/aromatic N) is 2. The summed E-state index contributed by atoms with van der Waals surface area (Å²) in [7, 11) is 0. The molecule has 1 heterocycles. The van der Waals surface area contributed by atoms with Gasteiger partial charge in [-0.3, -0.25) is 19.3 Å². The lowest BCUT2D eigenvalue weighted by molar-refractivity contribution is -0.137. The zero-order valence-corrected chi connectivity index (χ0v) is 15.7. The molecule has 0 spiro atoms. The monoisotopic (exact) mass is 370 g/mol. The third-order valence-electron chi connectivity index (χ3n) is 4.46. The maximum absolute atomic E-state index is 12.3. The van der Waals surface area contributed by atoms with Crippen LogP contribution in [-0.4, -0.2) is 66.8 Å². The summed E-state index contributed by atoms with van der Waals surface area (Å²) in [6.45, 7) is 4.65. The van der Waals surface area contributed by atoms with E-state index in [-0.39, 0.29) is 37.2 Å². The van der Waals surface area contributed by atoms with Crippen LogP contribution in [0.1, 0.15) is 18.9 Å². The Morgan fingerprint density at radius 3 is 2.48 bits per heavy atom. The number of hydrogen-bond donors (Lipinski definition) is 2. The standard InChI is InChI=1S/C20H26N4O3/c1-3-9-21-18(25)14-20(27)24-12-10-23(11-13-24)15-19(26)22-17-8-6-5-7-16(17)4-2/h1,5-8H,4,9-15H2,2H3,(H,21,25)(H,22,26). The van der Waals surface area contributed by atoms with Crippen molar-refractivity contribution in [3.05, 3.63) is 29.8 Å². The molecule has 1 aliphatic heterocycles. The molecule has 1 aromatic carbocycles. The van der Waals surface area contributed by atoms with Gasteiger partial charge in [0.05, 0.1) is 13.1 Å². The maximum Gasteiger partial charge on any atom is 0.238 e. The van der Waals surface area contributed by atoms with E-state index in [2.05, 4.69) is 16.6 Å². The van der Waals surface area contributed by atoms with Crippen LogP contribution < -0.4 is 10.6 Å². The molecule has 7 nitrogen and oxygen atoms in total. The number of hydrogen-bond acceptors (Lipinski definition) is 4. The van der Waals surface area contributed by atoms with E-state index in [1.807, 2.05) is 36.1 Å². The number of anilines is 1. The number of carbonyl (C=O) groups excluding carboxylic acids is 3. The normalized spacial score (nSPS) is 14.3. The molecule has 1 aromatic rings. The molecule has 0 saturated carbocycles. The van der Waals surface area contributed by atoms with Gasteiger partial charge in [0.25, 0.3) is 0 Å². The Morgan fingerprint density at radius 1 is 1.11 bits per heavy atom. The Balaban J connectivity index is 1.75. The first-order valence-electron chi connectivity index (χ1n) is 9.11. The molecule has 0 unspecified atom stereocenters. The van der Waals surface area contributed by atoms with Gasteiger partial charge in [-0.1, -0.05) is 31.0 Å². The third kappa shape index (κ3) is 6.42. The van der Waals surface area contributed by atoms with Crippen LogP contribution >= 0.6 is 0 Å². The second kappa shape index (κ2) is 10.3. The van der Waals surface area contributed by atoms with E-state index in [1.54, 1.807) is 4.90 Å². The average molecular weight is 370 g/mol. The lowest BCUT2D eigenvalue weighted by Gasteiger charge is -2.34. The molecule has 1 saturated heterocycles. The minimum absolute atomic E-state index is 0.0654. The highest BCUT2D eigenvalue weighted by molar-refractivity contribution is 5.97. The smallest absolute Gasteiger partial charge is 0.238 e. The van der Waals surface area contributed by atoms with Crippen LogP contribution in [0.15, 0.2) is 24.3 Å². The van der Waals surface area contributed by atoms with Gasteiger partial charge in [0, 0.05) is 31.9 Å². The lowest BCUT2D eigenvalue weighted by atomic mass is 10.1. The van der Waals surface area contributed by atoms with Gasteiger partial charge >= 0.3 is 0 Å². The number of terminal acetylenes is 1. The van der Waals surface area contributed by atoms with Crippen molar-refractivity contribution in [2.24, 2.45) is 0 Å². The first-order valence-corrected chi connectivity index (χ1v) is 9.11. The van der Waals surface area contributed by atoms with E-state index >= 15 is 0 Å². The van der Waals surface area contributed by atoms with Gasteiger partial charge in [-0.05, 0) is 18.1 Å². The van der Waals surface area contributed by atoms with Crippen LogP contribution in [0.4, 0.5) is 5.69 Å². The Labute approximate surface area is 160 Å². The number of piperazine rings is 1. The zero-order chi connectivity index (χ0) is 19.6. The fourth-order valence-electron chi connectivity index (χ4n) is 2.96. The van der Waals surface area contributed by atoms with E-state index in [0.29, 0.717) is 26.2 Å². The topological polar surface area (TPSA) is 81.8 Å². The van der Waals surface area contributed by atoms with E-state index in [4.69, 9.17) is 6.42 Å². The number of para-hydroxylation sites is 1. The van der Waals surface area contributed by atoms with Crippen molar-refractivity contribution in [3.63, 3.8) is 0 Å². The van der Waals surface area contributed by atoms with Gasteiger partial charge in [-0.2, -0.15) is 0 Å².